The summed E-state index contributed by atoms with van der Waals surface area (Å²) >= 11 is 0. The summed E-state index contributed by atoms with van der Waals surface area (Å²) in [6, 6.07) is 0. The molecule has 0 fully saturated rings. The SMILES string of the molecule is [N-]=[N+]=NCC(O)C(O)C(O)C(O)CN=[N+]=[N-]. The third-order valence-corrected chi connectivity index (χ3v) is 1.80. The molecule has 0 heterocycles. The largest absolute Gasteiger partial charge is 0.390 e. The summed E-state index contributed by atoms with van der Waals surface area (Å²) in [7, 11) is 0. The Hall–Kier alpha value is -1.54. The van der Waals surface area contributed by atoms with E-state index in [1.807, 2.05) is 0 Å². The van der Waals surface area contributed by atoms with Gasteiger partial charge in [0, 0.05) is 9.82 Å². The first-order chi connectivity index (χ1) is 7.54. The van der Waals surface area contributed by atoms with Crippen molar-refractivity contribution in [3.8, 4) is 0 Å². The lowest BCUT2D eigenvalue weighted by Crippen LogP contribution is -2.46. The van der Waals surface area contributed by atoms with Gasteiger partial charge >= 0.3 is 0 Å². The summed E-state index contributed by atoms with van der Waals surface area (Å²) in [6.45, 7) is -0.883. The average Bonchev–Trinajstić information content (AvgIpc) is 2.30. The predicted molar refractivity (Wildman–Crippen MR) is 52.1 cm³/mol. The molecular weight excluding hydrogens is 220 g/mol. The number of hydrogen-bond donors (Lipinski definition) is 4. The van der Waals surface area contributed by atoms with Crippen LogP contribution in [0.1, 0.15) is 0 Å². The molecule has 0 aromatic heterocycles. The maximum Gasteiger partial charge on any atom is 0.108 e. The molecule has 0 rings (SSSR count). The summed E-state index contributed by atoms with van der Waals surface area (Å²) in [5, 5.41) is 43.0. The predicted octanol–water partition coefficient (Wildman–Crippen LogP) is -0.949. The lowest BCUT2D eigenvalue weighted by Gasteiger charge is -2.24. The molecule has 10 heteroatoms. The Morgan fingerprint density at radius 2 is 1.12 bits per heavy atom. The van der Waals surface area contributed by atoms with E-state index in [0.29, 0.717) is 0 Å². The van der Waals surface area contributed by atoms with Crippen LogP contribution in [0, 0.1) is 0 Å². The molecule has 90 valence electrons. The molecule has 0 spiro atoms. The van der Waals surface area contributed by atoms with E-state index >= 15 is 0 Å². The second-order valence-electron chi connectivity index (χ2n) is 2.94. The molecule has 0 aliphatic rings. The van der Waals surface area contributed by atoms with Crippen LogP contribution in [0.3, 0.4) is 0 Å². The van der Waals surface area contributed by atoms with Gasteiger partial charge in [-0.2, -0.15) is 0 Å². The molecular formula is C6H12N6O4. The van der Waals surface area contributed by atoms with Crippen molar-refractivity contribution in [3.63, 3.8) is 0 Å². The van der Waals surface area contributed by atoms with Crippen molar-refractivity contribution in [2.45, 2.75) is 24.4 Å². The minimum absolute atomic E-state index is 0.442. The fourth-order valence-corrected chi connectivity index (χ4v) is 0.912. The fraction of sp³-hybridized carbons (Fsp3) is 1.00. The first-order valence-corrected chi connectivity index (χ1v) is 4.28. The Balaban J connectivity index is 4.28. The summed E-state index contributed by atoms with van der Waals surface area (Å²) < 4.78 is 0. The third kappa shape index (κ3) is 4.80. The highest BCUT2D eigenvalue weighted by Crippen LogP contribution is 2.06. The van der Waals surface area contributed by atoms with Crippen molar-refractivity contribution in [3.05, 3.63) is 20.9 Å². The van der Waals surface area contributed by atoms with Gasteiger partial charge in [0.2, 0.25) is 0 Å². The molecule has 0 saturated heterocycles. The monoisotopic (exact) mass is 232 g/mol. The van der Waals surface area contributed by atoms with E-state index in [9.17, 15) is 20.4 Å². The second kappa shape index (κ2) is 7.71. The van der Waals surface area contributed by atoms with Gasteiger partial charge in [-0.15, -0.1) is 0 Å². The zero-order valence-electron chi connectivity index (χ0n) is 8.20. The van der Waals surface area contributed by atoms with E-state index in [1.54, 1.807) is 0 Å². The Kier molecular flexibility index (Phi) is 6.97. The summed E-state index contributed by atoms with van der Waals surface area (Å²) in [4.78, 5) is 4.71. The van der Waals surface area contributed by atoms with Gasteiger partial charge in [-0.05, 0) is 11.1 Å². The van der Waals surface area contributed by atoms with Gasteiger partial charge in [-0.1, -0.05) is 10.2 Å². The first-order valence-electron chi connectivity index (χ1n) is 4.28. The van der Waals surface area contributed by atoms with Crippen LogP contribution < -0.4 is 0 Å². The van der Waals surface area contributed by atoms with Gasteiger partial charge in [-0.3, -0.25) is 0 Å². The Morgan fingerprint density at radius 1 is 0.812 bits per heavy atom. The highest BCUT2D eigenvalue weighted by atomic mass is 16.4. The van der Waals surface area contributed by atoms with Crippen molar-refractivity contribution >= 4 is 0 Å². The number of nitrogens with zero attached hydrogens (tertiary/aromatic N) is 6. The van der Waals surface area contributed by atoms with Crippen molar-refractivity contribution < 1.29 is 20.4 Å². The quantitative estimate of drug-likeness (QED) is 0.251. The second-order valence-corrected chi connectivity index (χ2v) is 2.94. The standard InChI is InChI=1S/C6H12N6O4/c7-11-9-1-3(13)5(15)6(16)4(14)2-10-12-8/h3-6,13-16H,1-2H2. The normalized spacial score (nSPS) is 17.5. The number of azide groups is 2. The van der Waals surface area contributed by atoms with Gasteiger partial charge in [0.1, 0.15) is 12.2 Å². The average molecular weight is 232 g/mol. The van der Waals surface area contributed by atoms with Gasteiger partial charge in [0.25, 0.3) is 0 Å². The Morgan fingerprint density at radius 3 is 1.38 bits per heavy atom. The van der Waals surface area contributed by atoms with Crippen LogP contribution in [-0.2, 0) is 0 Å². The molecule has 0 amide bonds. The van der Waals surface area contributed by atoms with Crippen LogP contribution in [-0.4, -0.2) is 57.9 Å². The summed E-state index contributed by atoms with van der Waals surface area (Å²) in [5.74, 6) is 0. The number of aliphatic hydroxyl groups excluding tert-OH is 4. The lowest BCUT2D eigenvalue weighted by atomic mass is 10.0. The molecule has 0 bridgehead atoms. The molecule has 4 N–H and O–H groups in total. The maximum atomic E-state index is 9.30. The molecule has 0 aliphatic carbocycles. The maximum absolute atomic E-state index is 9.30. The Bertz CT molecular complexity index is 269. The first kappa shape index (κ1) is 14.5. The van der Waals surface area contributed by atoms with Gasteiger partial charge < -0.3 is 20.4 Å². The van der Waals surface area contributed by atoms with Crippen LogP contribution in [0.15, 0.2) is 10.2 Å². The van der Waals surface area contributed by atoms with Crippen molar-refractivity contribution in [2.75, 3.05) is 13.1 Å². The Labute approximate surface area is 90.0 Å². The number of hydrogen-bond acceptors (Lipinski definition) is 6. The lowest BCUT2D eigenvalue weighted by molar-refractivity contribution is -0.0989. The van der Waals surface area contributed by atoms with E-state index in [1.165, 1.54) is 0 Å². The zero-order valence-corrected chi connectivity index (χ0v) is 8.20. The minimum Gasteiger partial charge on any atom is -0.390 e. The van der Waals surface area contributed by atoms with E-state index in [0.717, 1.165) is 0 Å². The molecule has 0 aliphatic heterocycles. The highest BCUT2D eigenvalue weighted by Gasteiger charge is 2.29. The third-order valence-electron chi connectivity index (χ3n) is 1.80. The van der Waals surface area contributed by atoms with Crippen molar-refractivity contribution in [1.82, 2.24) is 0 Å². The van der Waals surface area contributed by atoms with E-state index < -0.39 is 37.5 Å². The van der Waals surface area contributed by atoms with E-state index in [-0.39, 0.29) is 0 Å². The van der Waals surface area contributed by atoms with Crippen molar-refractivity contribution in [1.29, 1.82) is 0 Å². The zero-order chi connectivity index (χ0) is 12.6. The molecule has 10 nitrogen and oxygen atoms in total. The highest BCUT2D eigenvalue weighted by molar-refractivity contribution is 4.83. The van der Waals surface area contributed by atoms with Crippen LogP contribution in [0.25, 0.3) is 20.9 Å². The molecule has 0 aromatic carbocycles. The van der Waals surface area contributed by atoms with Crippen LogP contribution in [0.4, 0.5) is 0 Å². The molecule has 4 atom stereocenters. The summed E-state index contributed by atoms with van der Waals surface area (Å²) in [5.41, 5.74) is 15.9. The smallest absolute Gasteiger partial charge is 0.108 e. The molecule has 0 aromatic rings. The molecule has 0 radical (unpaired) electrons. The minimum atomic E-state index is -1.70. The van der Waals surface area contributed by atoms with Gasteiger partial charge in [0.05, 0.1) is 25.3 Å². The van der Waals surface area contributed by atoms with E-state index in [4.69, 9.17) is 11.1 Å². The topological polar surface area (TPSA) is 178 Å². The molecule has 16 heavy (non-hydrogen) atoms. The van der Waals surface area contributed by atoms with Gasteiger partial charge in [0.15, 0.2) is 0 Å². The molecule has 0 saturated carbocycles. The van der Waals surface area contributed by atoms with Crippen LogP contribution in [0.5, 0.6) is 0 Å². The number of rotatable bonds is 7. The van der Waals surface area contributed by atoms with E-state index in [2.05, 4.69) is 20.1 Å². The fourth-order valence-electron chi connectivity index (χ4n) is 0.912. The van der Waals surface area contributed by atoms with Crippen LogP contribution >= 0.6 is 0 Å². The van der Waals surface area contributed by atoms with Crippen LogP contribution in [0.2, 0.25) is 0 Å². The molecule has 4 unspecified atom stereocenters. The van der Waals surface area contributed by atoms with Crippen molar-refractivity contribution in [2.24, 2.45) is 10.2 Å². The number of aliphatic hydroxyl groups is 4. The summed E-state index contributed by atoms with van der Waals surface area (Å²) in [6.07, 6.45) is -6.41. The van der Waals surface area contributed by atoms with Gasteiger partial charge in [-0.25, -0.2) is 0 Å².